The van der Waals surface area contributed by atoms with Crippen LogP contribution in [-0.4, -0.2) is 49.7 Å². The zero-order valence-electron chi connectivity index (χ0n) is 13.4. The van der Waals surface area contributed by atoms with Crippen LogP contribution in [0, 0.1) is 6.92 Å². The van der Waals surface area contributed by atoms with Crippen LogP contribution in [0.1, 0.15) is 43.3 Å². The molecule has 0 spiro atoms. The number of hydrogen-bond acceptors (Lipinski definition) is 5. The summed E-state index contributed by atoms with van der Waals surface area (Å²) in [5.74, 6) is 0. The predicted octanol–water partition coefficient (Wildman–Crippen LogP) is 2.65. The Labute approximate surface area is 127 Å². The molecule has 1 unspecified atom stereocenters. The Bertz CT molecular complexity index is 422. The first-order chi connectivity index (χ1) is 9.52. The highest BCUT2D eigenvalue weighted by Crippen LogP contribution is 2.32. The summed E-state index contributed by atoms with van der Waals surface area (Å²) in [4.78, 5) is 11.0. The molecule has 0 amide bonds. The first-order valence-electron chi connectivity index (χ1n) is 7.65. The molecule has 1 saturated heterocycles. The van der Waals surface area contributed by atoms with E-state index in [2.05, 4.69) is 50.0 Å². The molecule has 1 fully saturated rings. The van der Waals surface area contributed by atoms with Crippen LogP contribution >= 0.6 is 11.3 Å². The molecule has 0 bridgehead atoms. The molecule has 0 aliphatic carbocycles. The summed E-state index contributed by atoms with van der Waals surface area (Å²) in [6.45, 7) is 9.78. The minimum Gasteiger partial charge on any atom is -0.348 e. The second kappa shape index (κ2) is 6.87. The van der Waals surface area contributed by atoms with E-state index in [0.29, 0.717) is 6.04 Å². The molecular weight excluding hydrogens is 268 g/mol. The van der Waals surface area contributed by atoms with E-state index in [4.69, 9.17) is 4.98 Å². The lowest BCUT2D eigenvalue weighted by Crippen LogP contribution is -2.41. The third-order valence-corrected chi connectivity index (χ3v) is 5.59. The summed E-state index contributed by atoms with van der Waals surface area (Å²) in [6.07, 6.45) is 2.48. The van der Waals surface area contributed by atoms with Gasteiger partial charge in [0.25, 0.3) is 0 Å². The molecule has 1 aliphatic heterocycles. The summed E-state index contributed by atoms with van der Waals surface area (Å²) < 4.78 is 0. The second-order valence-electron chi connectivity index (χ2n) is 5.91. The van der Waals surface area contributed by atoms with Gasteiger partial charge in [0.15, 0.2) is 5.13 Å². The Kier molecular flexibility index (Phi) is 5.41. The molecule has 1 aromatic heterocycles. The van der Waals surface area contributed by atoms with Gasteiger partial charge in [0, 0.05) is 30.1 Å². The molecule has 0 radical (unpaired) electrons. The predicted molar refractivity (Wildman–Crippen MR) is 87.9 cm³/mol. The summed E-state index contributed by atoms with van der Waals surface area (Å²) in [6, 6.07) is 1.14. The van der Waals surface area contributed by atoms with Crippen LogP contribution in [0.25, 0.3) is 0 Å². The summed E-state index contributed by atoms with van der Waals surface area (Å²) in [7, 11) is 4.37. The Morgan fingerprint density at radius 3 is 2.60 bits per heavy atom. The van der Waals surface area contributed by atoms with Crippen LogP contribution in [0.5, 0.6) is 0 Å². The van der Waals surface area contributed by atoms with Gasteiger partial charge < -0.3 is 15.1 Å². The lowest BCUT2D eigenvalue weighted by Gasteiger charge is -2.35. The van der Waals surface area contributed by atoms with Crippen LogP contribution < -0.4 is 10.2 Å². The fraction of sp³-hybridized carbons (Fsp3) is 0.800. The quantitative estimate of drug-likeness (QED) is 0.905. The topological polar surface area (TPSA) is 31.4 Å². The fourth-order valence-corrected chi connectivity index (χ4v) is 4.05. The molecule has 0 aromatic carbocycles. The molecule has 2 heterocycles. The van der Waals surface area contributed by atoms with E-state index < -0.39 is 0 Å². The number of rotatable bonds is 5. The van der Waals surface area contributed by atoms with E-state index >= 15 is 0 Å². The van der Waals surface area contributed by atoms with Crippen LogP contribution in [0.3, 0.4) is 0 Å². The SMILES string of the molecule is CCNC(C)c1sc(N2CCC(N(C)C)CC2)nc1C. The van der Waals surface area contributed by atoms with E-state index in [1.807, 2.05) is 11.3 Å². The fourth-order valence-electron chi connectivity index (χ4n) is 2.90. The van der Waals surface area contributed by atoms with Crippen molar-refractivity contribution in [1.29, 1.82) is 0 Å². The van der Waals surface area contributed by atoms with Crippen LogP contribution in [-0.2, 0) is 0 Å². The van der Waals surface area contributed by atoms with Gasteiger partial charge in [-0.25, -0.2) is 4.98 Å². The lowest BCUT2D eigenvalue weighted by molar-refractivity contribution is 0.249. The maximum absolute atomic E-state index is 4.80. The molecule has 4 nitrogen and oxygen atoms in total. The molecular formula is C15H28N4S. The van der Waals surface area contributed by atoms with Gasteiger partial charge in [0.1, 0.15) is 0 Å². The third-order valence-electron chi connectivity index (χ3n) is 4.19. The van der Waals surface area contributed by atoms with Crippen molar-refractivity contribution >= 4 is 16.5 Å². The summed E-state index contributed by atoms with van der Waals surface area (Å²) >= 11 is 1.86. The van der Waals surface area contributed by atoms with Gasteiger partial charge in [-0.15, -0.1) is 11.3 Å². The molecule has 114 valence electrons. The van der Waals surface area contributed by atoms with Crippen LogP contribution in [0.2, 0.25) is 0 Å². The Morgan fingerprint density at radius 2 is 2.05 bits per heavy atom. The zero-order valence-corrected chi connectivity index (χ0v) is 14.3. The van der Waals surface area contributed by atoms with Gasteiger partial charge in [-0.2, -0.15) is 0 Å². The normalized spacial score (nSPS) is 18.8. The minimum atomic E-state index is 0.408. The highest BCUT2D eigenvalue weighted by molar-refractivity contribution is 7.15. The van der Waals surface area contributed by atoms with E-state index in [-0.39, 0.29) is 0 Å². The Balaban J connectivity index is 2.02. The number of piperidine rings is 1. The largest absolute Gasteiger partial charge is 0.348 e. The number of aryl methyl sites for hydroxylation is 1. The van der Waals surface area contributed by atoms with Gasteiger partial charge in [-0.05, 0) is 47.3 Å². The lowest BCUT2D eigenvalue weighted by atomic mass is 10.0. The number of aromatic nitrogens is 1. The monoisotopic (exact) mass is 296 g/mol. The smallest absolute Gasteiger partial charge is 0.185 e. The average Bonchev–Trinajstić information content (AvgIpc) is 2.81. The van der Waals surface area contributed by atoms with Crippen LogP contribution in [0.15, 0.2) is 0 Å². The molecule has 2 rings (SSSR count). The van der Waals surface area contributed by atoms with E-state index in [1.165, 1.54) is 28.5 Å². The minimum absolute atomic E-state index is 0.408. The van der Waals surface area contributed by atoms with Crippen molar-refractivity contribution in [1.82, 2.24) is 15.2 Å². The maximum atomic E-state index is 4.80. The van der Waals surface area contributed by atoms with Crippen molar-refractivity contribution in [2.24, 2.45) is 0 Å². The van der Waals surface area contributed by atoms with Crippen molar-refractivity contribution in [3.63, 3.8) is 0 Å². The van der Waals surface area contributed by atoms with Crippen molar-refractivity contribution in [2.45, 2.75) is 45.7 Å². The van der Waals surface area contributed by atoms with Crippen molar-refractivity contribution in [3.8, 4) is 0 Å². The second-order valence-corrected chi connectivity index (χ2v) is 6.92. The van der Waals surface area contributed by atoms with Crippen molar-refractivity contribution < 1.29 is 0 Å². The molecule has 1 atom stereocenters. The number of nitrogens with one attached hydrogen (secondary N) is 1. The molecule has 0 saturated carbocycles. The van der Waals surface area contributed by atoms with E-state index in [0.717, 1.165) is 25.7 Å². The Morgan fingerprint density at radius 1 is 1.40 bits per heavy atom. The van der Waals surface area contributed by atoms with Gasteiger partial charge >= 0.3 is 0 Å². The van der Waals surface area contributed by atoms with E-state index in [9.17, 15) is 0 Å². The molecule has 5 heteroatoms. The van der Waals surface area contributed by atoms with Gasteiger partial charge in [-0.1, -0.05) is 6.92 Å². The number of nitrogens with zero attached hydrogens (tertiary/aromatic N) is 3. The van der Waals surface area contributed by atoms with Gasteiger partial charge in [-0.3, -0.25) is 0 Å². The number of thiazole rings is 1. The highest BCUT2D eigenvalue weighted by Gasteiger charge is 2.24. The van der Waals surface area contributed by atoms with Crippen molar-refractivity contribution in [3.05, 3.63) is 10.6 Å². The molecule has 1 aliphatic rings. The maximum Gasteiger partial charge on any atom is 0.185 e. The molecule has 1 aromatic rings. The van der Waals surface area contributed by atoms with Gasteiger partial charge in [0.2, 0.25) is 0 Å². The summed E-state index contributed by atoms with van der Waals surface area (Å²) in [5.41, 5.74) is 1.19. The molecule has 20 heavy (non-hydrogen) atoms. The average molecular weight is 296 g/mol. The third kappa shape index (κ3) is 3.51. The van der Waals surface area contributed by atoms with E-state index in [1.54, 1.807) is 0 Å². The first kappa shape index (κ1) is 15.7. The zero-order chi connectivity index (χ0) is 14.7. The number of anilines is 1. The first-order valence-corrected chi connectivity index (χ1v) is 8.46. The molecule has 1 N–H and O–H groups in total. The Hall–Kier alpha value is -0.650. The summed E-state index contributed by atoms with van der Waals surface area (Å²) in [5, 5.41) is 4.69. The number of hydrogen-bond donors (Lipinski definition) is 1. The standard InChI is InChI=1S/C15H28N4S/c1-6-16-11(2)14-12(3)17-15(20-14)19-9-7-13(8-10-19)18(4)5/h11,13,16H,6-10H2,1-5H3. The van der Waals surface area contributed by atoms with Gasteiger partial charge in [0.05, 0.1) is 5.69 Å². The van der Waals surface area contributed by atoms with Crippen LogP contribution in [0.4, 0.5) is 5.13 Å². The highest BCUT2D eigenvalue weighted by atomic mass is 32.1. The van der Waals surface area contributed by atoms with Crippen molar-refractivity contribution in [2.75, 3.05) is 38.6 Å².